The van der Waals surface area contributed by atoms with Crippen molar-refractivity contribution in [3.05, 3.63) is 46.7 Å². The number of benzene rings is 1. The molecule has 2 rings (SSSR count). The van der Waals surface area contributed by atoms with Crippen LogP contribution in [0, 0.1) is 0 Å². The Morgan fingerprint density at radius 2 is 1.96 bits per heavy atom. The Morgan fingerprint density at radius 1 is 1.22 bits per heavy atom. The van der Waals surface area contributed by atoms with Gasteiger partial charge in [0.2, 0.25) is 0 Å². The zero-order valence-electron chi connectivity index (χ0n) is 12.8. The summed E-state index contributed by atoms with van der Waals surface area (Å²) in [7, 11) is 0. The van der Waals surface area contributed by atoms with E-state index in [-0.39, 0.29) is 6.54 Å². The van der Waals surface area contributed by atoms with E-state index in [9.17, 15) is 14.7 Å². The largest absolute Gasteiger partial charge is 0.383 e. The topological polar surface area (TPSA) is 78.4 Å². The first-order valence-electron chi connectivity index (χ1n) is 6.92. The number of thiophene rings is 1. The van der Waals surface area contributed by atoms with E-state index in [1.807, 2.05) is 29.8 Å². The summed E-state index contributed by atoms with van der Waals surface area (Å²) in [5.74, 6) is -1.54. The first kappa shape index (κ1) is 17.5. The number of anilines is 1. The van der Waals surface area contributed by atoms with Gasteiger partial charge >= 0.3 is 11.8 Å². The van der Waals surface area contributed by atoms with E-state index in [4.69, 9.17) is 0 Å². The van der Waals surface area contributed by atoms with E-state index < -0.39 is 17.4 Å². The maximum absolute atomic E-state index is 12.0. The summed E-state index contributed by atoms with van der Waals surface area (Å²) in [4.78, 5) is 25.5. The predicted molar refractivity (Wildman–Crippen MR) is 93.8 cm³/mol. The molecule has 0 bridgehead atoms. The van der Waals surface area contributed by atoms with Gasteiger partial charge in [-0.05, 0) is 36.8 Å². The second-order valence-electron chi connectivity index (χ2n) is 5.09. The van der Waals surface area contributed by atoms with E-state index >= 15 is 0 Å². The van der Waals surface area contributed by atoms with Gasteiger partial charge in [-0.15, -0.1) is 23.1 Å². The van der Waals surface area contributed by atoms with E-state index in [1.54, 1.807) is 25.1 Å². The SMILES string of the molecule is CSc1ccccc1NC(=O)C(=O)NCC(C)(O)c1cccs1. The van der Waals surface area contributed by atoms with Gasteiger partial charge in [-0.1, -0.05) is 18.2 Å². The Labute approximate surface area is 143 Å². The van der Waals surface area contributed by atoms with Gasteiger partial charge in [0.25, 0.3) is 0 Å². The van der Waals surface area contributed by atoms with Crippen molar-refractivity contribution >= 4 is 40.6 Å². The van der Waals surface area contributed by atoms with Gasteiger partial charge in [0.05, 0.1) is 12.2 Å². The highest BCUT2D eigenvalue weighted by atomic mass is 32.2. The molecule has 2 amide bonds. The summed E-state index contributed by atoms with van der Waals surface area (Å²) >= 11 is 2.87. The molecule has 0 saturated carbocycles. The van der Waals surface area contributed by atoms with Crippen LogP contribution in [0.2, 0.25) is 0 Å². The molecule has 0 spiro atoms. The van der Waals surface area contributed by atoms with Gasteiger partial charge in [-0.2, -0.15) is 0 Å². The minimum atomic E-state index is -1.21. The summed E-state index contributed by atoms with van der Waals surface area (Å²) in [5, 5.41) is 17.2. The molecule has 0 aliphatic rings. The number of aliphatic hydroxyl groups is 1. The zero-order chi connectivity index (χ0) is 16.9. The second-order valence-corrected chi connectivity index (χ2v) is 6.88. The lowest BCUT2D eigenvalue weighted by Gasteiger charge is -2.22. The molecule has 0 saturated heterocycles. The lowest BCUT2D eigenvalue weighted by atomic mass is 10.1. The van der Waals surface area contributed by atoms with Crippen LogP contribution in [-0.2, 0) is 15.2 Å². The third-order valence-electron chi connectivity index (χ3n) is 3.21. The van der Waals surface area contributed by atoms with Gasteiger partial charge in [0.1, 0.15) is 5.60 Å². The number of thioether (sulfide) groups is 1. The summed E-state index contributed by atoms with van der Waals surface area (Å²) in [6.07, 6.45) is 1.89. The first-order chi connectivity index (χ1) is 10.9. The number of carbonyl (C=O) groups is 2. The smallest absolute Gasteiger partial charge is 0.313 e. The summed E-state index contributed by atoms with van der Waals surface area (Å²) in [6.45, 7) is 1.56. The van der Waals surface area contributed by atoms with Gasteiger partial charge < -0.3 is 15.7 Å². The van der Waals surface area contributed by atoms with Crippen molar-refractivity contribution in [2.24, 2.45) is 0 Å². The lowest BCUT2D eigenvalue weighted by Crippen LogP contribution is -2.43. The van der Waals surface area contributed by atoms with Crippen LogP contribution in [0.1, 0.15) is 11.8 Å². The van der Waals surface area contributed by atoms with Crippen molar-refractivity contribution in [2.75, 3.05) is 18.1 Å². The van der Waals surface area contributed by atoms with Crippen molar-refractivity contribution in [1.82, 2.24) is 5.32 Å². The quantitative estimate of drug-likeness (QED) is 0.572. The molecule has 0 aliphatic carbocycles. The standard InChI is InChI=1S/C16H18N2O3S2/c1-16(21,13-8-5-9-23-13)10-17-14(19)15(20)18-11-6-3-4-7-12(11)22-2/h3-9,21H,10H2,1-2H3,(H,17,19)(H,18,20). The Kier molecular flexibility index (Phi) is 5.81. The van der Waals surface area contributed by atoms with Crippen LogP contribution in [0.25, 0.3) is 0 Å². The monoisotopic (exact) mass is 350 g/mol. The Morgan fingerprint density at radius 3 is 2.61 bits per heavy atom. The molecule has 0 aliphatic heterocycles. The molecule has 1 aromatic heterocycles. The van der Waals surface area contributed by atoms with E-state index in [1.165, 1.54) is 23.1 Å². The van der Waals surface area contributed by atoms with Crippen LogP contribution in [0.5, 0.6) is 0 Å². The maximum Gasteiger partial charge on any atom is 0.313 e. The molecule has 1 unspecified atom stereocenters. The number of amides is 2. The molecule has 3 N–H and O–H groups in total. The Hall–Kier alpha value is -1.83. The Balaban J connectivity index is 1.94. The van der Waals surface area contributed by atoms with Crippen molar-refractivity contribution in [3.63, 3.8) is 0 Å². The van der Waals surface area contributed by atoms with Crippen LogP contribution in [-0.4, -0.2) is 29.7 Å². The maximum atomic E-state index is 12.0. The summed E-state index contributed by atoms with van der Waals surface area (Å²) in [6, 6.07) is 10.8. The normalized spacial score (nSPS) is 13.2. The van der Waals surface area contributed by atoms with Crippen molar-refractivity contribution in [3.8, 4) is 0 Å². The summed E-state index contributed by atoms with van der Waals surface area (Å²) in [5.41, 5.74) is -0.619. The van der Waals surface area contributed by atoms with Crippen molar-refractivity contribution in [2.45, 2.75) is 17.4 Å². The average molecular weight is 350 g/mol. The zero-order valence-corrected chi connectivity index (χ0v) is 14.5. The molecule has 1 atom stereocenters. The fourth-order valence-corrected chi connectivity index (χ4v) is 3.27. The van der Waals surface area contributed by atoms with Crippen molar-refractivity contribution < 1.29 is 14.7 Å². The van der Waals surface area contributed by atoms with Crippen LogP contribution in [0.4, 0.5) is 5.69 Å². The molecule has 5 nitrogen and oxygen atoms in total. The molecule has 7 heteroatoms. The fraction of sp³-hybridized carbons (Fsp3) is 0.250. The molecule has 0 radical (unpaired) electrons. The van der Waals surface area contributed by atoms with Crippen LogP contribution >= 0.6 is 23.1 Å². The number of para-hydroxylation sites is 1. The molecule has 1 heterocycles. The Bertz CT molecular complexity index is 684. The average Bonchev–Trinajstić information content (AvgIpc) is 3.08. The van der Waals surface area contributed by atoms with Gasteiger partial charge in [0, 0.05) is 9.77 Å². The third kappa shape index (κ3) is 4.57. The van der Waals surface area contributed by atoms with Crippen LogP contribution in [0.3, 0.4) is 0 Å². The molecule has 23 heavy (non-hydrogen) atoms. The van der Waals surface area contributed by atoms with Crippen molar-refractivity contribution in [1.29, 1.82) is 0 Å². The van der Waals surface area contributed by atoms with Gasteiger partial charge in [-0.3, -0.25) is 9.59 Å². The fourth-order valence-electron chi connectivity index (χ4n) is 1.93. The van der Waals surface area contributed by atoms with Crippen LogP contribution < -0.4 is 10.6 Å². The van der Waals surface area contributed by atoms with E-state index in [0.29, 0.717) is 5.69 Å². The molecular weight excluding hydrogens is 332 g/mol. The highest BCUT2D eigenvalue weighted by Crippen LogP contribution is 2.25. The number of rotatable bonds is 5. The molecule has 122 valence electrons. The first-order valence-corrected chi connectivity index (χ1v) is 9.03. The minimum Gasteiger partial charge on any atom is -0.383 e. The van der Waals surface area contributed by atoms with Gasteiger partial charge in [0.15, 0.2) is 0 Å². The lowest BCUT2D eigenvalue weighted by molar-refractivity contribution is -0.136. The number of nitrogens with one attached hydrogen (secondary N) is 2. The number of carbonyl (C=O) groups excluding carboxylic acids is 2. The molecule has 2 aromatic rings. The van der Waals surface area contributed by atoms with E-state index in [0.717, 1.165) is 9.77 Å². The molecule has 1 aromatic carbocycles. The highest BCUT2D eigenvalue weighted by Gasteiger charge is 2.26. The third-order valence-corrected chi connectivity index (χ3v) is 5.13. The highest BCUT2D eigenvalue weighted by molar-refractivity contribution is 7.98. The molecular formula is C16H18N2O3S2. The second kappa shape index (κ2) is 7.63. The molecule has 0 fully saturated rings. The predicted octanol–water partition coefficient (Wildman–Crippen LogP) is 2.43. The van der Waals surface area contributed by atoms with E-state index in [2.05, 4.69) is 10.6 Å². The minimum absolute atomic E-state index is 0.0378. The van der Waals surface area contributed by atoms with Gasteiger partial charge in [-0.25, -0.2) is 0 Å². The summed E-state index contributed by atoms with van der Waals surface area (Å²) < 4.78 is 0. The number of hydrogen-bond donors (Lipinski definition) is 3. The van der Waals surface area contributed by atoms with Crippen LogP contribution in [0.15, 0.2) is 46.7 Å². The number of hydrogen-bond acceptors (Lipinski definition) is 5.